The van der Waals surface area contributed by atoms with Crippen molar-refractivity contribution >= 4 is 5.97 Å². The van der Waals surface area contributed by atoms with Gasteiger partial charge in [0.05, 0.1) is 6.61 Å². The average molecular weight is 208 g/mol. The zero-order valence-electron chi connectivity index (χ0n) is 8.60. The van der Waals surface area contributed by atoms with Gasteiger partial charge in [0.15, 0.2) is 0 Å². The molecule has 0 saturated carbocycles. The quantitative estimate of drug-likeness (QED) is 0.385. The van der Waals surface area contributed by atoms with Crippen molar-refractivity contribution in [2.75, 3.05) is 13.2 Å². The molecule has 0 rings (SSSR count). The number of carboxylic acids is 1. The fourth-order valence-electron chi connectivity index (χ4n) is 0.680. The van der Waals surface area contributed by atoms with Crippen molar-refractivity contribution in [1.82, 2.24) is 5.48 Å². The highest BCUT2D eigenvalue weighted by molar-refractivity contribution is 5.73. The number of nitrogens with one attached hydrogen (secondary N) is 1. The first-order chi connectivity index (χ1) is 6.49. The molecule has 0 fully saturated rings. The lowest BCUT2D eigenvalue weighted by atomic mass is 10.1. The largest absolute Gasteiger partial charge is 0.480 e. The van der Waals surface area contributed by atoms with Crippen molar-refractivity contribution in [3.63, 3.8) is 0 Å². The van der Waals surface area contributed by atoms with Crippen molar-refractivity contribution in [1.29, 1.82) is 0 Å². The fourth-order valence-corrected chi connectivity index (χ4v) is 0.680. The molecule has 0 aliphatic carbocycles. The smallest absolute Gasteiger partial charge is 0.323 e. The average Bonchev–Trinajstić information content (AvgIpc) is 2.14. The van der Waals surface area contributed by atoms with E-state index in [2.05, 4.69) is 0 Å². The van der Waals surface area contributed by atoms with Gasteiger partial charge in [0.2, 0.25) is 0 Å². The molecule has 0 aromatic heterocycles. The highest BCUT2D eigenvalue weighted by Crippen LogP contribution is 2.03. The van der Waals surface area contributed by atoms with Gasteiger partial charge in [-0.1, -0.05) is 13.8 Å². The first-order valence-electron chi connectivity index (χ1n) is 4.42. The Labute approximate surface area is 83.7 Å². The molecule has 6 nitrogen and oxygen atoms in total. The van der Waals surface area contributed by atoms with Crippen molar-refractivity contribution < 1.29 is 20.2 Å². The number of hydrogen-bond donors (Lipinski definition) is 5. The summed E-state index contributed by atoms with van der Waals surface area (Å²) in [6, 6.07) is -0.833. The van der Waals surface area contributed by atoms with Crippen LogP contribution in [-0.2, 0) is 4.79 Å². The summed E-state index contributed by atoms with van der Waals surface area (Å²) in [6.45, 7) is 4.26. The summed E-state index contributed by atoms with van der Waals surface area (Å²) < 4.78 is 0. The number of nitrogens with two attached hydrogens (primary N) is 1. The van der Waals surface area contributed by atoms with Gasteiger partial charge in [-0.2, -0.15) is 5.48 Å². The zero-order chi connectivity index (χ0) is 11.6. The minimum absolute atomic E-state index is 0.0972. The molecule has 0 heterocycles. The Hall–Kier alpha value is -0.690. The molecule has 0 bridgehead atoms. The van der Waals surface area contributed by atoms with Crippen LogP contribution in [0.5, 0.6) is 0 Å². The molecule has 86 valence electrons. The molecule has 0 spiro atoms. The third-order valence-corrected chi connectivity index (χ3v) is 1.29. The summed E-state index contributed by atoms with van der Waals surface area (Å²) >= 11 is 0. The number of carboxylic acid groups (broad SMARTS) is 1. The summed E-state index contributed by atoms with van der Waals surface area (Å²) in [5.41, 5.74) is 6.51. The summed E-state index contributed by atoms with van der Waals surface area (Å²) in [5, 5.41) is 24.5. The summed E-state index contributed by atoms with van der Waals surface area (Å²) in [6.07, 6.45) is 0.436. The van der Waals surface area contributed by atoms with E-state index in [-0.39, 0.29) is 12.5 Å². The Bertz CT molecular complexity index is 139. The lowest BCUT2D eigenvalue weighted by Gasteiger charge is -2.11. The number of hydroxylamine groups is 1. The fraction of sp³-hybridized carbons (Fsp3) is 0.875. The van der Waals surface area contributed by atoms with Crippen LogP contribution >= 0.6 is 0 Å². The highest BCUT2D eigenvalue weighted by Gasteiger charge is 2.16. The van der Waals surface area contributed by atoms with Crippen LogP contribution in [-0.4, -0.2) is 40.6 Å². The van der Waals surface area contributed by atoms with Gasteiger partial charge in [0.1, 0.15) is 6.04 Å². The Morgan fingerprint density at radius 1 is 1.50 bits per heavy atom. The van der Waals surface area contributed by atoms with E-state index in [1.54, 1.807) is 5.48 Å². The Balaban J connectivity index is 0. The molecule has 0 aromatic carbocycles. The van der Waals surface area contributed by atoms with E-state index < -0.39 is 12.0 Å². The maximum atomic E-state index is 10.2. The number of hydrogen-bond acceptors (Lipinski definition) is 5. The molecule has 6 N–H and O–H groups in total. The molecule has 0 radical (unpaired) electrons. The van der Waals surface area contributed by atoms with Gasteiger partial charge in [-0.25, -0.2) is 0 Å². The van der Waals surface area contributed by atoms with Crippen LogP contribution in [0.1, 0.15) is 20.3 Å². The monoisotopic (exact) mass is 208 g/mol. The van der Waals surface area contributed by atoms with Crippen LogP contribution in [0.15, 0.2) is 0 Å². The maximum absolute atomic E-state index is 10.2. The summed E-state index contributed by atoms with van der Waals surface area (Å²) in [4.78, 5) is 10.2. The first kappa shape index (κ1) is 15.8. The van der Waals surface area contributed by atoms with Crippen LogP contribution in [0.3, 0.4) is 0 Å². The number of aliphatic carboxylic acids is 1. The third kappa shape index (κ3) is 11.3. The molecule has 0 aliphatic heterocycles. The van der Waals surface area contributed by atoms with Gasteiger partial charge in [-0.05, 0) is 12.3 Å². The second-order valence-electron chi connectivity index (χ2n) is 3.16. The van der Waals surface area contributed by atoms with Gasteiger partial charge >= 0.3 is 5.97 Å². The molecule has 0 amide bonds. The van der Waals surface area contributed by atoms with E-state index in [1.807, 2.05) is 13.8 Å². The predicted molar refractivity (Wildman–Crippen MR) is 51.9 cm³/mol. The molecule has 6 heteroatoms. The molecule has 14 heavy (non-hydrogen) atoms. The summed E-state index contributed by atoms with van der Waals surface area (Å²) in [7, 11) is 0. The normalized spacial score (nSPS) is 11.9. The predicted octanol–water partition coefficient (Wildman–Crippen LogP) is -0.598. The molecule has 1 atom stereocenters. The van der Waals surface area contributed by atoms with Gasteiger partial charge in [0.25, 0.3) is 0 Å². The first-order valence-corrected chi connectivity index (χ1v) is 4.42. The third-order valence-electron chi connectivity index (χ3n) is 1.29. The van der Waals surface area contributed by atoms with Crippen molar-refractivity contribution in [2.24, 2.45) is 11.7 Å². The minimum atomic E-state index is -1.02. The minimum Gasteiger partial charge on any atom is -0.480 e. The van der Waals surface area contributed by atoms with E-state index in [4.69, 9.17) is 21.2 Å². The van der Waals surface area contributed by atoms with E-state index in [0.717, 1.165) is 0 Å². The van der Waals surface area contributed by atoms with Gasteiger partial charge in [-0.15, -0.1) is 0 Å². The standard InChI is InChI=1S/C6H13NO3.C2H7NO/c1-4(2)3-5(7-10)6(8)9;3-1-2-4/h4-5,7,10H,3H2,1-2H3,(H,8,9);4H,1-3H2/t5-;/m0./s1. The van der Waals surface area contributed by atoms with Gasteiger partial charge in [-0.3, -0.25) is 4.79 Å². The van der Waals surface area contributed by atoms with Crippen molar-refractivity contribution in [3.05, 3.63) is 0 Å². The second-order valence-corrected chi connectivity index (χ2v) is 3.16. The second kappa shape index (κ2) is 10.4. The lowest BCUT2D eigenvalue weighted by molar-refractivity contribution is -0.142. The SMILES string of the molecule is CC(C)C[C@H](NO)C(=O)O.NCCO. The van der Waals surface area contributed by atoms with Crippen molar-refractivity contribution in [3.8, 4) is 0 Å². The molecule has 0 aromatic rings. The molecular weight excluding hydrogens is 188 g/mol. The summed E-state index contributed by atoms with van der Waals surface area (Å²) in [5.74, 6) is -0.753. The van der Waals surface area contributed by atoms with Crippen LogP contribution in [0.2, 0.25) is 0 Å². The van der Waals surface area contributed by atoms with Crippen LogP contribution in [0.25, 0.3) is 0 Å². The topological polar surface area (TPSA) is 116 Å². The van der Waals surface area contributed by atoms with E-state index in [9.17, 15) is 4.79 Å². The molecule has 0 unspecified atom stereocenters. The van der Waals surface area contributed by atoms with Gasteiger partial charge in [0, 0.05) is 6.54 Å². The van der Waals surface area contributed by atoms with E-state index in [1.165, 1.54) is 0 Å². The number of aliphatic hydroxyl groups is 1. The molecular formula is C8H20N2O4. The van der Waals surface area contributed by atoms with E-state index in [0.29, 0.717) is 13.0 Å². The number of carbonyl (C=O) groups is 1. The van der Waals surface area contributed by atoms with Crippen LogP contribution in [0.4, 0.5) is 0 Å². The van der Waals surface area contributed by atoms with Crippen LogP contribution < -0.4 is 11.2 Å². The lowest BCUT2D eigenvalue weighted by Crippen LogP contribution is -2.35. The number of aliphatic hydroxyl groups excluding tert-OH is 1. The zero-order valence-corrected chi connectivity index (χ0v) is 8.60. The Morgan fingerprint density at radius 2 is 1.93 bits per heavy atom. The number of rotatable bonds is 5. The van der Waals surface area contributed by atoms with Crippen molar-refractivity contribution in [2.45, 2.75) is 26.3 Å². The highest BCUT2D eigenvalue weighted by atomic mass is 16.5. The van der Waals surface area contributed by atoms with Gasteiger partial charge < -0.3 is 21.2 Å². The van der Waals surface area contributed by atoms with E-state index >= 15 is 0 Å². The Morgan fingerprint density at radius 3 is 2.00 bits per heavy atom. The Kier molecular flexibility index (Phi) is 11.7. The maximum Gasteiger partial charge on any atom is 0.323 e. The molecule has 0 saturated heterocycles. The molecule has 0 aliphatic rings. The van der Waals surface area contributed by atoms with Crippen LogP contribution in [0, 0.1) is 5.92 Å².